The number of para-hydroxylation sites is 4. The molecule has 12 heteroatoms. The van der Waals surface area contributed by atoms with E-state index in [1.807, 2.05) is 179 Å². The number of benzene rings is 12. The van der Waals surface area contributed by atoms with Crippen LogP contribution in [-0.2, 0) is 18.8 Å². The minimum atomic E-state index is -4.72. The van der Waals surface area contributed by atoms with Gasteiger partial charge in [0.15, 0.2) is 0 Å². The second-order valence-corrected chi connectivity index (χ2v) is 23.9. The molecule has 6 nitrogen and oxygen atoms in total. The van der Waals surface area contributed by atoms with E-state index >= 15 is 26.3 Å². The average molecular weight is 1210 g/mol. The Bertz CT molecular complexity index is 5910. The fourth-order valence-corrected chi connectivity index (χ4v) is 14.3. The van der Waals surface area contributed by atoms with Crippen LogP contribution in [0.5, 0.6) is 0 Å². The third kappa shape index (κ3) is 8.62. The van der Waals surface area contributed by atoms with Crippen LogP contribution in [0.3, 0.4) is 0 Å². The summed E-state index contributed by atoms with van der Waals surface area (Å²) in [5, 5.41) is 29.7. The lowest BCUT2D eigenvalue weighted by atomic mass is 9.94. The molecular weight excluding hydrogens is 1160 g/mol. The summed E-state index contributed by atoms with van der Waals surface area (Å²) in [6.45, 7) is 6.02. The van der Waals surface area contributed by atoms with Crippen molar-refractivity contribution in [2.75, 3.05) is 0 Å². The lowest BCUT2D eigenvalue weighted by Crippen LogP contribution is -2.09. The first kappa shape index (κ1) is 55.7. The summed E-state index contributed by atoms with van der Waals surface area (Å²) in [6, 6.07) is 76.9. The third-order valence-corrected chi connectivity index (χ3v) is 18.4. The molecule has 442 valence electrons. The van der Waals surface area contributed by atoms with Crippen LogP contribution in [0, 0.1) is 43.4 Å². The Kier molecular flexibility index (Phi) is 12.6. The molecule has 16 rings (SSSR count). The number of nitriles is 2. The number of nitrogens with zero attached hydrogens (tertiary/aromatic N) is 6. The molecule has 16 aromatic rings. The SMILES string of the molecule is Cc1ccc2c(c1)c1ccccc1n2-c1cc(-c2ccccc2C(F)(F)F)c(-n2c3ccccc3c3cc(Cc4cc5c6ccccc6n(-c6cc(C#N)c(-n7c8ccccc8c8ccc(C)cc87)cc6-c6ccccc6C(F)(F)F)c5cc4C)ccc32)cc1C#N. The number of aromatic nitrogens is 4. The molecule has 92 heavy (non-hydrogen) atoms. The lowest BCUT2D eigenvalue weighted by molar-refractivity contribution is -0.137. The van der Waals surface area contributed by atoms with E-state index in [1.165, 1.54) is 24.3 Å². The summed E-state index contributed by atoms with van der Waals surface area (Å²) in [4.78, 5) is 0. The van der Waals surface area contributed by atoms with Crippen LogP contribution in [0.25, 0.3) is 132 Å². The molecule has 0 fully saturated rings. The molecule has 0 aliphatic carbocycles. The van der Waals surface area contributed by atoms with Crippen molar-refractivity contribution in [1.82, 2.24) is 18.3 Å². The van der Waals surface area contributed by atoms with Crippen molar-refractivity contribution in [3.8, 4) is 57.1 Å². The second-order valence-electron chi connectivity index (χ2n) is 23.9. The van der Waals surface area contributed by atoms with Crippen LogP contribution in [0.2, 0.25) is 0 Å². The molecule has 0 spiro atoms. The van der Waals surface area contributed by atoms with Crippen molar-refractivity contribution in [3.63, 3.8) is 0 Å². The number of aryl methyl sites for hydroxylation is 3. The summed E-state index contributed by atoms with van der Waals surface area (Å²) in [5.41, 5.74) is 12.2. The first-order valence-electron chi connectivity index (χ1n) is 30.1. The van der Waals surface area contributed by atoms with Crippen molar-refractivity contribution in [1.29, 1.82) is 10.5 Å². The Morgan fingerprint density at radius 3 is 1.20 bits per heavy atom. The third-order valence-electron chi connectivity index (χ3n) is 18.4. The molecule has 0 atom stereocenters. The lowest BCUT2D eigenvalue weighted by Gasteiger charge is -2.21. The van der Waals surface area contributed by atoms with E-state index in [9.17, 15) is 10.5 Å². The predicted octanol–water partition coefficient (Wildman–Crippen LogP) is 21.7. The molecule has 0 saturated carbocycles. The van der Waals surface area contributed by atoms with Crippen LogP contribution in [0.15, 0.2) is 237 Å². The molecule has 0 saturated heterocycles. The van der Waals surface area contributed by atoms with E-state index in [4.69, 9.17) is 0 Å². The molecule has 0 amide bonds. The Balaban J connectivity index is 0.873. The van der Waals surface area contributed by atoms with Crippen molar-refractivity contribution >= 4 is 87.2 Å². The van der Waals surface area contributed by atoms with Crippen LogP contribution in [-0.4, -0.2) is 18.3 Å². The highest BCUT2D eigenvalue weighted by Gasteiger charge is 2.37. The Labute approximate surface area is 523 Å². The smallest absolute Gasteiger partial charge is 0.309 e. The molecule has 4 aromatic heterocycles. The number of halogens is 6. The maximum absolute atomic E-state index is 15.4. The van der Waals surface area contributed by atoms with E-state index in [1.54, 1.807) is 36.4 Å². The number of alkyl halides is 6. The normalized spacial score (nSPS) is 12.2. The number of fused-ring (bicyclic) bond motifs is 12. The van der Waals surface area contributed by atoms with Crippen LogP contribution >= 0.6 is 0 Å². The van der Waals surface area contributed by atoms with Gasteiger partial charge in [-0.2, -0.15) is 36.9 Å². The van der Waals surface area contributed by atoms with Gasteiger partial charge in [-0.25, -0.2) is 0 Å². The number of hydrogen-bond acceptors (Lipinski definition) is 2. The Morgan fingerprint density at radius 1 is 0.315 bits per heavy atom. The predicted molar refractivity (Wildman–Crippen MR) is 358 cm³/mol. The van der Waals surface area contributed by atoms with Gasteiger partial charge in [-0.05, 0) is 164 Å². The van der Waals surface area contributed by atoms with Crippen molar-refractivity contribution in [2.45, 2.75) is 39.5 Å². The zero-order valence-electron chi connectivity index (χ0n) is 49.7. The monoisotopic (exact) mass is 1210 g/mol. The van der Waals surface area contributed by atoms with Gasteiger partial charge >= 0.3 is 12.4 Å². The molecule has 0 radical (unpaired) electrons. The molecule has 0 bridgehead atoms. The molecule has 12 aromatic carbocycles. The number of hydrogen-bond donors (Lipinski definition) is 0. The fraction of sp³-hybridized carbons (Fsp3) is 0.0750. The minimum absolute atomic E-state index is 0.0342. The highest BCUT2D eigenvalue weighted by Crippen LogP contribution is 2.48. The maximum Gasteiger partial charge on any atom is 0.417 e. The van der Waals surface area contributed by atoms with Gasteiger partial charge in [0, 0.05) is 54.2 Å². The van der Waals surface area contributed by atoms with E-state index in [0.29, 0.717) is 29.2 Å². The molecule has 4 heterocycles. The van der Waals surface area contributed by atoms with Gasteiger partial charge in [-0.15, -0.1) is 0 Å². The van der Waals surface area contributed by atoms with Crippen molar-refractivity contribution in [2.24, 2.45) is 0 Å². The van der Waals surface area contributed by atoms with E-state index < -0.39 is 23.5 Å². The van der Waals surface area contributed by atoms with Gasteiger partial charge in [-0.1, -0.05) is 139 Å². The molecule has 0 unspecified atom stereocenters. The van der Waals surface area contributed by atoms with Gasteiger partial charge in [0.05, 0.1) is 89.1 Å². The van der Waals surface area contributed by atoms with Gasteiger partial charge in [0.1, 0.15) is 12.1 Å². The molecule has 0 aliphatic heterocycles. The summed E-state index contributed by atoms with van der Waals surface area (Å²) in [5.74, 6) is 0. The molecular formula is C80H50F6N6. The highest BCUT2D eigenvalue weighted by atomic mass is 19.4. The summed E-state index contributed by atoms with van der Waals surface area (Å²) in [6.07, 6.45) is -8.98. The average Bonchev–Trinajstić information content (AvgIpc) is 1.55. The number of rotatable bonds is 8. The van der Waals surface area contributed by atoms with Crippen LogP contribution < -0.4 is 0 Å². The van der Waals surface area contributed by atoms with Crippen molar-refractivity contribution in [3.05, 3.63) is 287 Å². The van der Waals surface area contributed by atoms with Crippen molar-refractivity contribution < 1.29 is 26.3 Å². The quantitative estimate of drug-likeness (QED) is 0.142. The van der Waals surface area contributed by atoms with Gasteiger partial charge in [-0.3, -0.25) is 0 Å². The Hall–Kier alpha value is -11.6. The molecule has 0 N–H and O–H groups in total. The summed E-state index contributed by atoms with van der Waals surface area (Å²) in [7, 11) is 0. The zero-order chi connectivity index (χ0) is 63.1. The standard InChI is InChI=1S/C80H50F6N6/c1-46-29-32-71-60(34-46)56-19-7-13-25-68(56)89(71)73-42-63(53-16-4-10-22-65(53)79(81,82)83)77(40-51(73)44-87)90-69-26-14-8-20-57(69)61-38-49(30-33-72(61)90)37-50-39-62-58-21-9-15-27-70(58)92(76(62)36-48(50)3)78-41-52(45-88)74(43-64(78)54-17-5-11-23-66(54)80(84,85)86)91-67-24-12-6-18-55(67)59-31-28-47(2)35-75(59)91/h4-36,38-43H,37H2,1-3H3. The molecule has 0 aliphatic rings. The van der Waals surface area contributed by atoms with Gasteiger partial charge in [0.25, 0.3) is 0 Å². The van der Waals surface area contributed by atoms with E-state index in [2.05, 4.69) is 36.4 Å². The second kappa shape index (κ2) is 20.7. The largest absolute Gasteiger partial charge is 0.417 e. The van der Waals surface area contributed by atoms with Crippen LogP contribution in [0.4, 0.5) is 26.3 Å². The first-order valence-corrected chi connectivity index (χ1v) is 30.1. The van der Waals surface area contributed by atoms with Gasteiger partial charge in [0.2, 0.25) is 0 Å². The zero-order valence-corrected chi connectivity index (χ0v) is 49.7. The summed E-state index contributed by atoms with van der Waals surface area (Å²) < 4.78 is 100. The van der Waals surface area contributed by atoms with E-state index in [0.717, 1.165) is 127 Å². The minimum Gasteiger partial charge on any atom is -0.309 e. The van der Waals surface area contributed by atoms with E-state index in [-0.39, 0.29) is 33.4 Å². The Morgan fingerprint density at radius 2 is 0.685 bits per heavy atom. The van der Waals surface area contributed by atoms with Crippen LogP contribution in [0.1, 0.15) is 50.1 Å². The highest BCUT2D eigenvalue weighted by molar-refractivity contribution is 6.14. The van der Waals surface area contributed by atoms with Gasteiger partial charge < -0.3 is 18.3 Å². The topological polar surface area (TPSA) is 67.3 Å². The summed E-state index contributed by atoms with van der Waals surface area (Å²) >= 11 is 0. The fourth-order valence-electron chi connectivity index (χ4n) is 14.3. The first-order chi connectivity index (χ1) is 44.6. The maximum atomic E-state index is 15.4.